The van der Waals surface area contributed by atoms with Gasteiger partial charge in [-0.25, -0.2) is 8.42 Å². The zero-order valence-corrected chi connectivity index (χ0v) is 12.7. The van der Waals surface area contributed by atoms with E-state index in [0.717, 1.165) is 22.9 Å². The lowest BCUT2D eigenvalue weighted by Crippen LogP contribution is -2.45. The Morgan fingerprint density at radius 3 is 2.33 bits per heavy atom. The minimum absolute atomic E-state index is 0.0146. The van der Waals surface area contributed by atoms with Crippen LogP contribution in [-0.2, 0) is 16.2 Å². The molecular weight excluding hydrogens is 327 g/mol. The Balaban J connectivity index is 2.47. The van der Waals surface area contributed by atoms with Gasteiger partial charge in [-0.1, -0.05) is 18.6 Å². The zero-order chi connectivity index (χ0) is 15.7. The Kier molecular flexibility index (Phi) is 4.85. The second kappa shape index (κ2) is 6.14. The fourth-order valence-corrected chi connectivity index (χ4v) is 4.49. The molecular formula is C13H15ClF3NO2S. The van der Waals surface area contributed by atoms with Crippen LogP contribution >= 0.6 is 11.6 Å². The van der Waals surface area contributed by atoms with E-state index in [0.29, 0.717) is 12.8 Å². The van der Waals surface area contributed by atoms with Crippen LogP contribution in [0, 0.1) is 0 Å². The number of hydrogen-bond acceptors (Lipinski definition) is 2. The average Bonchev–Trinajstić information content (AvgIpc) is 2.35. The lowest BCUT2D eigenvalue weighted by atomic mass is 9.93. The van der Waals surface area contributed by atoms with Crippen molar-refractivity contribution < 1.29 is 21.6 Å². The monoisotopic (exact) mass is 341 g/mol. The van der Waals surface area contributed by atoms with Gasteiger partial charge in [-0.2, -0.15) is 17.5 Å². The van der Waals surface area contributed by atoms with Crippen molar-refractivity contribution in [3.8, 4) is 0 Å². The van der Waals surface area contributed by atoms with Crippen LogP contribution in [0.5, 0.6) is 0 Å². The van der Waals surface area contributed by atoms with E-state index >= 15 is 0 Å². The molecule has 0 radical (unpaired) electrons. The van der Waals surface area contributed by atoms with Gasteiger partial charge < -0.3 is 0 Å². The number of sulfonamides is 1. The first kappa shape index (κ1) is 16.6. The summed E-state index contributed by atoms with van der Waals surface area (Å²) in [6, 6.07) is 4.00. The summed E-state index contributed by atoms with van der Waals surface area (Å²) in [4.78, 5) is -0.700. The van der Waals surface area contributed by atoms with Crippen LogP contribution in [0.25, 0.3) is 0 Å². The Morgan fingerprint density at radius 1 is 1.24 bits per heavy atom. The molecule has 1 aliphatic carbocycles. The summed E-state index contributed by atoms with van der Waals surface area (Å²) >= 11 is 5.62. The van der Waals surface area contributed by atoms with Crippen molar-refractivity contribution in [1.82, 2.24) is 4.31 Å². The summed E-state index contributed by atoms with van der Waals surface area (Å²) in [6.45, 7) is 0.0146. The third-order valence-corrected chi connectivity index (χ3v) is 5.74. The van der Waals surface area contributed by atoms with Gasteiger partial charge in [-0.3, -0.25) is 0 Å². The average molecular weight is 342 g/mol. The largest absolute Gasteiger partial charge is 0.417 e. The highest BCUT2D eigenvalue weighted by Gasteiger charge is 2.41. The SMILES string of the molecule is O=S(=O)(c1ccccc1C(F)(F)F)N(CCCl)C1CCC1. The summed E-state index contributed by atoms with van der Waals surface area (Å²) in [6.07, 6.45) is -2.52. The van der Waals surface area contributed by atoms with Crippen molar-refractivity contribution in [2.45, 2.75) is 36.4 Å². The molecule has 1 saturated carbocycles. The third-order valence-electron chi connectivity index (χ3n) is 3.57. The zero-order valence-electron chi connectivity index (χ0n) is 11.1. The van der Waals surface area contributed by atoms with E-state index in [9.17, 15) is 21.6 Å². The highest BCUT2D eigenvalue weighted by atomic mass is 35.5. The molecule has 0 atom stereocenters. The van der Waals surface area contributed by atoms with E-state index in [1.54, 1.807) is 0 Å². The lowest BCUT2D eigenvalue weighted by molar-refractivity contribution is -0.139. The minimum atomic E-state index is -4.71. The highest BCUT2D eigenvalue weighted by molar-refractivity contribution is 7.89. The number of nitrogens with zero attached hydrogens (tertiary/aromatic N) is 1. The molecule has 3 nitrogen and oxygen atoms in total. The van der Waals surface area contributed by atoms with Crippen molar-refractivity contribution in [2.75, 3.05) is 12.4 Å². The number of hydrogen-bond donors (Lipinski definition) is 0. The van der Waals surface area contributed by atoms with Crippen molar-refractivity contribution in [1.29, 1.82) is 0 Å². The molecule has 118 valence electrons. The van der Waals surface area contributed by atoms with Crippen LogP contribution < -0.4 is 0 Å². The lowest BCUT2D eigenvalue weighted by Gasteiger charge is -2.36. The van der Waals surface area contributed by atoms with Crippen molar-refractivity contribution in [3.05, 3.63) is 29.8 Å². The summed E-state index contributed by atoms with van der Waals surface area (Å²) in [5.41, 5.74) is -1.14. The van der Waals surface area contributed by atoms with Crippen molar-refractivity contribution >= 4 is 21.6 Å². The van der Waals surface area contributed by atoms with Gasteiger partial charge in [0.25, 0.3) is 0 Å². The second-order valence-corrected chi connectivity index (χ2v) is 7.12. The van der Waals surface area contributed by atoms with Gasteiger partial charge in [0.2, 0.25) is 10.0 Å². The topological polar surface area (TPSA) is 37.4 Å². The first-order valence-corrected chi connectivity index (χ1v) is 8.50. The number of rotatable bonds is 5. The van der Waals surface area contributed by atoms with Gasteiger partial charge >= 0.3 is 6.18 Å². The Hall–Kier alpha value is -0.790. The summed E-state index contributed by atoms with van der Waals surface area (Å²) in [7, 11) is -4.21. The molecule has 0 unspecified atom stereocenters. The maximum absolute atomic E-state index is 13.0. The van der Waals surface area contributed by atoms with E-state index in [1.807, 2.05) is 0 Å². The molecule has 0 N–H and O–H groups in total. The molecule has 1 aromatic rings. The van der Waals surface area contributed by atoms with Crippen LogP contribution in [0.3, 0.4) is 0 Å². The highest BCUT2D eigenvalue weighted by Crippen LogP contribution is 2.37. The normalized spacial score (nSPS) is 17.0. The number of halogens is 4. The van der Waals surface area contributed by atoms with Crippen LogP contribution in [0.2, 0.25) is 0 Å². The van der Waals surface area contributed by atoms with Gasteiger partial charge in [0.1, 0.15) is 0 Å². The molecule has 1 aliphatic rings. The Labute approximate surface area is 126 Å². The minimum Gasteiger partial charge on any atom is -0.207 e. The molecule has 0 saturated heterocycles. The predicted octanol–water partition coefficient (Wildman–Crippen LogP) is 3.49. The van der Waals surface area contributed by atoms with E-state index in [-0.39, 0.29) is 18.5 Å². The second-order valence-electron chi connectivity index (χ2n) is 4.88. The molecule has 21 heavy (non-hydrogen) atoms. The number of alkyl halides is 4. The van der Waals surface area contributed by atoms with E-state index in [1.165, 1.54) is 12.1 Å². The van der Waals surface area contributed by atoms with Gasteiger partial charge in [-0.05, 0) is 25.0 Å². The Bertz CT molecular complexity index is 600. The molecule has 1 fully saturated rings. The van der Waals surface area contributed by atoms with Crippen LogP contribution in [-0.4, -0.2) is 31.2 Å². The van der Waals surface area contributed by atoms with Gasteiger partial charge in [0.15, 0.2) is 0 Å². The number of benzene rings is 1. The van der Waals surface area contributed by atoms with Gasteiger partial charge in [0.05, 0.1) is 10.5 Å². The molecule has 2 rings (SSSR count). The first-order chi connectivity index (χ1) is 9.78. The van der Waals surface area contributed by atoms with Crippen molar-refractivity contribution in [3.63, 3.8) is 0 Å². The molecule has 0 spiro atoms. The van der Waals surface area contributed by atoms with Gasteiger partial charge in [-0.15, -0.1) is 11.6 Å². The summed E-state index contributed by atoms with van der Waals surface area (Å²) in [5, 5.41) is 0. The van der Waals surface area contributed by atoms with E-state index < -0.39 is 26.7 Å². The fraction of sp³-hybridized carbons (Fsp3) is 0.538. The smallest absolute Gasteiger partial charge is 0.207 e. The van der Waals surface area contributed by atoms with Crippen molar-refractivity contribution in [2.24, 2.45) is 0 Å². The quantitative estimate of drug-likeness (QED) is 0.769. The third kappa shape index (κ3) is 3.35. The predicted molar refractivity (Wildman–Crippen MR) is 73.7 cm³/mol. The summed E-state index contributed by atoms with van der Waals surface area (Å²) < 4.78 is 65.3. The molecule has 0 amide bonds. The van der Waals surface area contributed by atoms with E-state index in [2.05, 4.69) is 0 Å². The molecule has 1 aromatic carbocycles. The maximum atomic E-state index is 13.0. The fourth-order valence-electron chi connectivity index (χ4n) is 2.31. The van der Waals surface area contributed by atoms with Crippen LogP contribution in [0.4, 0.5) is 13.2 Å². The van der Waals surface area contributed by atoms with Crippen LogP contribution in [0.15, 0.2) is 29.2 Å². The van der Waals surface area contributed by atoms with Gasteiger partial charge in [0, 0.05) is 18.5 Å². The first-order valence-electron chi connectivity index (χ1n) is 6.52. The molecule has 0 bridgehead atoms. The molecule has 0 aromatic heterocycles. The molecule has 8 heteroatoms. The maximum Gasteiger partial charge on any atom is 0.417 e. The van der Waals surface area contributed by atoms with Crippen LogP contribution in [0.1, 0.15) is 24.8 Å². The molecule has 0 heterocycles. The van der Waals surface area contributed by atoms with E-state index in [4.69, 9.17) is 11.6 Å². The molecule has 0 aliphatic heterocycles. The Morgan fingerprint density at radius 2 is 1.86 bits per heavy atom. The summed E-state index contributed by atoms with van der Waals surface area (Å²) in [5.74, 6) is 0.0456. The standard InChI is InChI=1S/C13H15ClF3NO2S/c14-8-9-18(10-4-3-5-10)21(19,20)12-7-2-1-6-11(12)13(15,16)17/h1-2,6-7,10H,3-5,8-9H2.